The Labute approximate surface area is 102 Å². The Morgan fingerprint density at radius 2 is 2.25 bits per heavy atom. The van der Waals surface area contributed by atoms with Crippen LogP contribution in [0.15, 0.2) is 18.2 Å². The van der Waals surface area contributed by atoms with E-state index in [4.69, 9.17) is 16.7 Å². The van der Waals surface area contributed by atoms with Crippen LogP contribution in [0.25, 0.3) is 0 Å². The molecule has 1 saturated heterocycles. The predicted octanol–water partition coefficient (Wildman–Crippen LogP) is 2.68. The van der Waals surface area contributed by atoms with Crippen molar-refractivity contribution in [1.29, 1.82) is 0 Å². The van der Waals surface area contributed by atoms with Crippen molar-refractivity contribution < 1.29 is 5.11 Å². The summed E-state index contributed by atoms with van der Waals surface area (Å²) in [4.78, 5) is 0. The summed E-state index contributed by atoms with van der Waals surface area (Å²) in [5.41, 5.74) is 2.43. The molecule has 1 fully saturated rings. The molecule has 1 aliphatic rings. The van der Waals surface area contributed by atoms with Crippen LogP contribution in [0, 0.1) is 12.8 Å². The largest absolute Gasteiger partial charge is 0.396 e. The van der Waals surface area contributed by atoms with E-state index in [1.807, 2.05) is 13.0 Å². The summed E-state index contributed by atoms with van der Waals surface area (Å²) in [6.45, 7) is 3.23. The molecule has 2 rings (SSSR count). The van der Waals surface area contributed by atoms with Gasteiger partial charge in [-0.3, -0.25) is 0 Å². The minimum Gasteiger partial charge on any atom is -0.396 e. The van der Waals surface area contributed by atoms with E-state index in [1.54, 1.807) is 0 Å². The molecule has 1 heterocycles. The highest BCUT2D eigenvalue weighted by atomic mass is 35.5. The summed E-state index contributed by atoms with van der Waals surface area (Å²) < 4.78 is 0. The predicted molar refractivity (Wildman–Crippen MR) is 66.7 cm³/mol. The molecule has 0 spiro atoms. The van der Waals surface area contributed by atoms with Gasteiger partial charge in [-0.1, -0.05) is 23.7 Å². The minimum absolute atomic E-state index is 0.291. The average molecular weight is 240 g/mol. The first kappa shape index (κ1) is 11.9. The smallest absolute Gasteiger partial charge is 0.0471 e. The number of aryl methyl sites for hydroxylation is 1. The Bertz CT molecular complexity index is 359. The molecule has 0 aromatic heterocycles. The third-order valence-corrected chi connectivity index (χ3v) is 3.78. The Hall–Kier alpha value is -0.570. The van der Waals surface area contributed by atoms with Crippen LogP contribution in [-0.2, 0) is 0 Å². The van der Waals surface area contributed by atoms with Crippen LogP contribution in [0.3, 0.4) is 0 Å². The second-order valence-electron chi connectivity index (χ2n) is 4.60. The van der Waals surface area contributed by atoms with Gasteiger partial charge in [-0.15, -0.1) is 0 Å². The van der Waals surface area contributed by atoms with Crippen molar-refractivity contribution in [3.63, 3.8) is 0 Å². The molecule has 1 aliphatic heterocycles. The summed E-state index contributed by atoms with van der Waals surface area (Å²) in [5, 5.41) is 13.4. The zero-order valence-electron chi connectivity index (χ0n) is 9.54. The molecule has 0 saturated carbocycles. The van der Waals surface area contributed by atoms with Gasteiger partial charge >= 0.3 is 0 Å². The molecule has 2 N–H and O–H groups in total. The lowest BCUT2D eigenvalue weighted by Gasteiger charge is -2.29. The maximum Gasteiger partial charge on any atom is 0.0471 e. The zero-order valence-corrected chi connectivity index (χ0v) is 10.3. The van der Waals surface area contributed by atoms with Gasteiger partial charge < -0.3 is 10.4 Å². The quantitative estimate of drug-likeness (QED) is 0.832. The molecule has 2 nitrogen and oxygen atoms in total. The Morgan fingerprint density at radius 3 is 2.81 bits per heavy atom. The summed E-state index contributed by atoms with van der Waals surface area (Å²) >= 11 is 6.01. The Kier molecular flexibility index (Phi) is 3.85. The monoisotopic (exact) mass is 239 g/mol. The van der Waals surface area contributed by atoms with Crippen LogP contribution in [0.2, 0.25) is 5.02 Å². The van der Waals surface area contributed by atoms with Gasteiger partial charge in [0.2, 0.25) is 0 Å². The molecular formula is C13H18ClNO. The number of benzene rings is 1. The van der Waals surface area contributed by atoms with Gasteiger partial charge in [0.05, 0.1) is 0 Å². The van der Waals surface area contributed by atoms with Crippen molar-refractivity contribution >= 4 is 11.6 Å². The molecule has 0 radical (unpaired) electrons. The lowest BCUT2D eigenvalue weighted by molar-refractivity contribution is 0.184. The molecule has 0 amide bonds. The van der Waals surface area contributed by atoms with Crippen molar-refractivity contribution in [1.82, 2.24) is 5.32 Å². The van der Waals surface area contributed by atoms with E-state index in [0.29, 0.717) is 18.6 Å². The van der Waals surface area contributed by atoms with Crippen LogP contribution in [0.5, 0.6) is 0 Å². The number of nitrogens with one attached hydrogen (secondary N) is 1. The SMILES string of the molecule is Cc1cc(C2CCC(CO)CN2)ccc1Cl. The maximum atomic E-state index is 9.07. The fourth-order valence-electron chi connectivity index (χ4n) is 2.24. The van der Waals surface area contributed by atoms with Crippen LogP contribution in [-0.4, -0.2) is 18.3 Å². The molecule has 3 heteroatoms. The van der Waals surface area contributed by atoms with Gasteiger partial charge in [-0.25, -0.2) is 0 Å². The third kappa shape index (κ3) is 2.57. The number of piperidine rings is 1. The van der Waals surface area contributed by atoms with E-state index in [2.05, 4.69) is 17.4 Å². The van der Waals surface area contributed by atoms with E-state index in [-0.39, 0.29) is 0 Å². The summed E-state index contributed by atoms with van der Waals surface area (Å²) in [7, 11) is 0. The normalized spacial score (nSPS) is 25.7. The molecule has 2 unspecified atom stereocenters. The van der Waals surface area contributed by atoms with Crippen molar-refractivity contribution in [3.05, 3.63) is 34.3 Å². The van der Waals surface area contributed by atoms with Crippen molar-refractivity contribution in [2.24, 2.45) is 5.92 Å². The average Bonchev–Trinajstić information content (AvgIpc) is 2.33. The summed E-state index contributed by atoms with van der Waals surface area (Å²) in [6.07, 6.45) is 2.18. The fraction of sp³-hybridized carbons (Fsp3) is 0.538. The Morgan fingerprint density at radius 1 is 1.44 bits per heavy atom. The first-order valence-electron chi connectivity index (χ1n) is 5.81. The van der Waals surface area contributed by atoms with Crippen LogP contribution in [0.1, 0.15) is 30.0 Å². The molecule has 1 aromatic carbocycles. The Balaban J connectivity index is 2.05. The van der Waals surface area contributed by atoms with Gasteiger partial charge in [0.25, 0.3) is 0 Å². The molecule has 0 bridgehead atoms. The highest BCUT2D eigenvalue weighted by Gasteiger charge is 2.21. The molecule has 0 aliphatic carbocycles. The highest BCUT2D eigenvalue weighted by molar-refractivity contribution is 6.31. The van der Waals surface area contributed by atoms with E-state index in [1.165, 1.54) is 5.56 Å². The summed E-state index contributed by atoms with van der Waals surface area (Å²) in [5.74, 6) is 0.421. The first-order chi connectivity index (χ1) is 7.70. The van der Waals surface area contributed by atoms with Gasteiger partial charge in [0, 0.05) is 24.2 Å². The number of aliphatic hydroxyl groups is 1. The maximum absolute atomic E-state index is 9.07. The van der Waals surface area contributed by atoms with E-state index < -0.39 is 0 Å². The zero-order chi connectivity index (χ0) is 11.5. The highest BCUT2D eigenvalue weighted by Crippen LogP contribution is 2.27. The third-order valence-electron chi connectivity index (χ3n) is 3.36. The second-order valence-corrected chi connectivity index (χ2v) is 5.00. The molecule has 2 atom stereocenters. The van der Waals surface area contributed by atoms with Gasteiger partial charge in [0.15, 0.2) is 0 Å². The summed E-state index contributed by atoms with van der Waals surface area (Å²) in [6, 6.07) is 6.62. The second kappa shape index (κ2) is 5.17. The van der Waals surface area contributed by atoms with Crippen LogP contribution < -0.4 is 5.32 Å². The first-order valence-corrected chi connectivity index (χ1v) is 6.19. The van der Waals surface area contributed by atoms with Crippen molar-refractivity contribution in [3.8, 4) is 0 Å². The lowest BCUT2D eigenvalue weighted by Crippen LogP contribution is -2.34. The van der Waals surface area contributed by atoms with Crippen molar-refractivity contribution in [2.75, 3.05) is 13.2 Å². The number of aliphatic hydroxyl groups excluding tert-OH is 1. The van der Waals surface area contributed by atoms with Crippen molar-refractivity contribution in [2.45, 2.75) is 25.8 Å². The number of hydrogen-bond acceptors (Lipinski definition) is 2. The number of rotatable bonds is 2. The van der Waals surface area contributed by atoms with E-state index in [9.17, 15) is 0 Å². The topological polar surface area (TPSA) is 32.3 Å². The van der Waals surface area contributed by atoms with E-state index in [0.717, 1.165) is 30.0 Å². The lowest BCUT2D eigenvalue weighted by atomic mass is 9.91. The molecular weight excluding hydrogens is 222 g/mol. The van der Waals surface area contributed by atoms with Crippen LogP contribution >= 0.6 is 11.6 Å². The molecule has 88 valence electrons. The standard InChI is InChI=1S/C13H18ClNO/c1-9-6-11(3-4-12(9)14)13-5-2-10(8-16)7-15-13/h3-4,6,10,13,15-16H,2,5,7-8H2,1H3. The molecule has 1 aromatic rings. The number of halogens is 1. The fourth-order valence-corrected chi connectivity index (χ4v) is 2.36. The van der Waals surface area contributed by atoms with Gasteiger partial charge in [0.1, 0.15) is 0 Å². The molecule has 16 heavy (non-hydrogen) atoms. The van der Waals surface area contributed by atoms with Crippen LogP contribution in [0.4, 0.5) is 0 Å². The van der Waals surface area contributed by atoms with Gasteiger partial charge in [-0.05, 0) is 42.9 Å². The van der Waals surface area contributed by atoms with Gasteiger partial charge in [-0.2, -0.15) is 0 Å². The minimum atomic E-state index is 0.291. The number of hydrogen-bond donors (Lipinski definition) is 2. The van der Waals surface area contributed by atoms with E-state index >= 15 is 0 Å².